The highest BCUT2D eigenvalue weighted by atomic mass is 79.9. The molecule has 5 nitrogen and oxygen atoms in total. The Morgan fingerprint density at radius 3 is 2.73 bits per heavy atom. The number of nitrogens with zero attached hydrogens (tertiary/aromatic N) is 1. The summed E-state index contributed by atoms with van der Waals surface area (Å²) in [5.41, 5.74) is 0.892. The lowest BCUT2D eigenvalue weighted by atomic mass is 9.91. The van der Waals surface area contributed by atoms with Gasteiger partial charge in [0.05, 0.1) is 11.6 Å². The molecule has 1 aromatic carbocycles. The predicted molar refractivity (Wildman–Crippen MR) is 84.3 cm³/mol. The maximum absolute atomic E-state index is 13.9. The number of carbonyl (C=O) groups excluding carboxylic acids is 1. The first-order chi connectivity index (χ1) is 10.3. The molecule has 0 spiro atoms. The van der Waals surface area contributed by atoms with Crippen LogP contribution in [0.3, 0.4) is 0 Å². The molecule has 1 aliphatic rings. The summed E-state index contributed by atoms with van der Waals surface area (Å²) >= 11 is 3.23. The van der Waals surface area contributed by atoms with E-state index in [9.17, 15) is 14.0 Å². The molecule has 0 aromatic heterocycles. The molecular weight excluding hydrogens is 355 g/mol. The lowest BCUT2D eigenvalue weighted by Crippen LogP contribution is -2.47. The number of amides is 2. The maximum Gasteiger partial charge on any atom is 0.321 e. The standard InChI is InChI=1S/C15H18BrFN2O3/c1-8-3-10(14(20)21)7-19(6-8)15(22)18-13-4-9(2)11(16)5-12(13)17/h4-5,8,10H,3,6-7H2,1-2H3,(H,18,22)(H,20,21). The number of urea groups is 1. The summed E-state index contributed by atoms with van der Waals surface area (Å²) in [5.74, 6) is -1.93. The number of benzene rings is 1. The lowest BCUT2D eigenvalue weighted by molar-refractivity contribution is -0.143. The van der Waals surface area contributed by atoms with Crippen molar-refractivity contribution in [1.82, 2.24) is 4.90 Å². The number of aryl methyl sites for hydroxylation is 1. The van der Waals surface area contributed by atoms with E-state index in [2.05, 4.69) is 21.2 Å². The molecule has 0 bridgehead atoms. The van der Waals surface area contributed by atoms with Crippen LogP contribution in [0.25, 0.3) is 0 Å². The third-order valence-electron chi connectivity index (χ3n) is 3.79. The van der Waals surface area contributed by atoms with Crippen LogP contribution in [0.2, 0.25) is 0 Å². The third-order valence-corrected chi connectivity index (χ3v) is 4.64. The smallest absolute Gasteiger partial charge is 0.321 e. The van der Waals surface area contributed by atoms with Crippen LogP contribution in [-0.4, -0.2) is 35.1 Å². The van der Waals surface area contributed by atoms with Crippen molar-refractivity contribution in [2.24, 2.45) is 11.8 Å². The van der Waals surface area contributed by atoms with Crippen molar-refractivity contribution in [2.45, 2.75) is 20.3 Å². The van der Waals surface area contributed by atoms with Crippen LogP contribution in [0, 0.1) is 24.6 Å². The Morgan fingerprint density at radius 2 is 2.09 bits per heavy atom. The molecule has 22 heavy (non-hydrogen) atoms. The topological polar surface area (TPSA) is 69.6 Å². The fourth-order valence-corrected chi connectivity index (χ4v) is 2.96. The molecule has 120 valence electrons. The number of piperidine rings is 1. The van der Waals surface area contributed by atoms with Crippen LogP contribution < -0.4 is 5.32 Å². The Bertz CT molecular complexity index is 609. The monoisotopic (exact) mass is 372 g/mol. The highest BCUT2D eigenvalue weighted by Crippen LogP contribution is 2.26. The molecule has 2 amide bonds. The minimum atomic E-state index is -0.907. The Kier molecular flexibility index (Phi) is 5.05. The van der Waals surface area contributed by atoms with Crippen LogP contribution >= 0.6 is 15.9 Å². The van der Waals surface area contributed by atoms with Gasteiger partial charge in [-0.25, -0.2) is 9.18 Å². The highest BCUT2D eigenvalue weighted by Gasteiger charge is 2.32. The lowest BCUT2D eigenvalue weighted by Gasteiger charge is -2.34. The number of nitrogens with one attached hydrogen (secondary N) is 1. The molecule has 1 heterocycles. The zero-order valence-electron chi connectivity index (χ0n) is 12.4. The van der Waals surface area contributed by atoms with E-state index in [0.29, 0.717) is 17.4 Å². The number of carboxylic acids is 1. The van der Waals surface area contributed by atoms with E-state index in [1.165, 1.54) is 11.0 Å². The van der Waals surface area contributed by atoms with Crippen molar-refractivity contribution in [3.05, 3.63) is 28.0 Å². The number of likely N-dealkylation sites (tertiary alicyclic amines) is 1. The van der Waals surface area contributed by atoms with Crippen LogP contribution in [0.1, 0.15) is 18.9 Å². The van der Waals surface area contributed by atoms with Crippen molar-refractivity contribution in [3.63, 3.8) is 0 Å². The van der Waals surface area contributed by atoms with Gasteiger partial charge in [0.25, 0.3) is 0 Å². The molecule has 0 aliphatic carbocycles. The second kappa shape index (κ2) is 6.64. The van der Waals surface area contributed by atoms with Crippen LogP contribution in [0.15, 0.2) is 16.6 Å². The number of hydrogen-bond acceptors (Lipinski definition) is 2. The molecular formula is C15H18BrFN2O3. The summed E-state index contributed by atoms with van der Waals surface area (Å²) < 4.78 is 14.5. The Balaban J connectivity index is 2.11. The first-order valence-corrected chi connectivity index (χ1v) is 7.81. The molecule has 2 rings (SSSR count). The fraction of sp³-hybridized carbons (Fsp3) is 0.467. The van der Waals surface area contributed by atoms with Gasteiger partial charge in [-0.05, 0) is 37.0 Å². The van der Waals surface area contributed by atoms with Gasteiger partial charge in [0.2, 0.25) is 0 Å². The Labute approximate surface area is 136 Å². The zero-order valence-corrected chi connectivity index (χ0v) is 14.0. The molecule has 0 radical (unpaired) electrons. The van der Waals surface area contributed by atoms with Gasteiger partial charge in [-0.15, -0.1) is 0 Å². The summed E-state index contributed by atoms with van der Waals surface area (Å²) in [4.78, 5) is 24.8. The average molecular weight is 373 g/mol. The van der Waals surface area contributed by atoms with Gasteiger partial charge >= 0.3 is 12.0 Å². The third kappa shape index (κ3) is 3.76. The fourth-order valence-electron chi connectivity index (χ4n) is 2.64. The van der Waals surface area contributed by atoms with Crippen LogP contribution in [-0.2, 0) is 4.79 Å². The number of halogens is 2. The minimum absolute atomic E-state index is 0.0933. The number of anilines is 1. The second-order valence-electron chi connectivity index (χ2n) is 5.79. The molecule has 7 heteroatoms. The number of hydrogen-bond donors (Lipinski definition) is 2. The van der Waals surface area contributed by atoms with Crippen molar-refractivity contribution >= 4 is 33.6 Å². The van der Waals surface area contributed by atoms with Crippen LogP contribution in [0.4, 0.5) is 14.9 Å². The van der Waals surface area contributed by atoms with E-state index < -0.39 is 23.7 Å². The highest BCUT2D eigenvalue weighted by molar-refractivity contribution is 9.10. The van der Waals surface area contributed by atoms with Gasteiger partial charge in [0.15, 0.2) is 0 Å². The first kappa shape index (κ1) is 16.7. The summed E-state index contributed by atoms with van der Waals surface area (Å²) in [6.45, 7) is 4.30. The van der Waals surface area contributed by atoms with Crippen molar-refractivity contribution in [2.75, 3.05) is 18.4 Å². The van der Waals surface area contributed by atoms with Crippen molar-refractivity contribution in [3.8, 4) is 0 Å². The first-order valence-electron chi connectivity index (χ1n) is 7.02. The molecule has 1 aliphatic heterocycles. The van der Waals surface area contributed by atoms with Gasteiger partial charge in [0.1, 0.15) is 5.82 Å². The molecule has 1 saturated heterocycles. The van der Waals surface area contributed by atoms with Crippen molar-refractivity contribution in [1.29, 1.82) is 0 Å². The van der Waals surface area contributed by atoms with Gasteiger partial charge < -0.3 is 15.3 Å². The van der Waals surface area contributed by atoms with Crippen LogP contribution in [0.5, 0.6) is 0 Å². The van der Waals surface area contributed by atoms with Gasteiger partial charge in [-0.3, -0.25) is 4.79 Å². The Hall–Kier alpha value is -1.63. The number of rotatable bonds is 2. The van der Waals surface area contributed by atoms with Gasteiger partial charge in [-0.2, -0.15) is 0 Å². The molecule has 2 unspecified atom stereocenters. The SMILES string of the molecule is Cc1cc(NC(=O)N2CC(C)CC(C(=O)O)C2)c(F)cc1Br. The average Bonchev–Trinajstić information content (AvgIpc) is 2.43. The van der Waals surface area contributed by atoms with Gasteiger partial charge in [0, 0.05) is 17.6 Å². The van der Waals surface area contributed by atoms with E-state index in [0.717, 1.165) is 5.56 Å². The number of carboxylic acid groups (broad SMARTS) is 1. The van der Waals surface area contributed by atoms with Crippen molar-refractivity contribution < 1.29 is 19.1 Å². The minimum Gasteiger partial charge on any atom is -0.481 e. The molecule has 2 atom stereocenters. The predicted octanol–water partition coefficient (Wildman–Crippen LogP) is 3.47. The van der Waals surface area contributed by atoms with E-state index in [-0.39, 0.29) is 18.2 Å². The maximum atomic E-state index is 13.9. The van der Waals surface area contributed by atoms with E-state index in [1.807, 2.05) is 6.92 Å². The van der Waals surface area contributed by atoms with Gasteiger partial charge in [-0.1, -0.05) is 22.9 Å². The second-order valence-corrected chi connectivity index (χ2v) is 6.65. The molecule has 2 N–H and O–H groups in total. The summed E-state index contributed by atoms with van der Waals surface area (Å²) in [7, 11) is 0. The number of aliphatic carboxylic acids is 1. The van der Waals surface area contributed by atoms with E-state index in [1.54, 1.807) is 13.0 Å². The molecule has 1 fully saturated rings. The number of carbonyl (C=O) groups is 2. The summed E-state index contributed by atoms with van der Waals surface area (Å²) in [6, 6.07) is 2.36. The Morgan fingerprint density at radius 1 is 1.41 bits per heavy atom. The van der Waals surface area contributed by atoms with E-state index >= 15 is 0 Å². The summed E-state index contributed by atoms with van der Waals surface area (Å²) in [5, 5.41) is 11.7. The van der Waals surface area contributed by atoms with E-state index in [4.69, 9.17) is 5.11 Å². The normalized spacial score (nSPS) is 21.5. The molecule has 0 saturated carbocycles. The summed E-state index contributed by atoms with van der Waals surface area (Å²) in [6.07, 6.45) is 0.546. The largest absolute Gasteiger partial charge is 0.481 e. The molecule has 1 aromatic rings. The zero-order chi connectivity index (χ0) is 16.4. The quantitative estimate of drug-likeness (QED) is 0.834.